The average Bonchev–Trinajstić information content (AvgIpc) is 2.74. The molecule has 1 aliphatic carbocycles. The van der Waals surface area contributed by atoms with Crippen molar-refractivity contribution in [3.05, 3.63) is 59.4 Å². The van der Waals surface area contributed by atoms with Crippen LogP contribution in [0.15, 0.2) is 47.6 Å². The van der Waals surface area contributed by atoms with Crippen LogP contribution in [0, 0.1) is 5.82 Å². The number of hydrazone groups is 1. The molecule has 0 unspecified atom stereocenters. The van der Waals surface area contributed by atoms with E-state index in [0.29, 0.717) is 29.3 Å². The SMILES string of the molecule is COc1cc(/C=N/NC(=S)NC2CCCCC2)ccc1OCc1ccc(F)cc1. The molecule has 0 bridgehead atoms. The maximum atomic E-state index is 13.0. The fourth-order valence-corrected chi connectivity index (χ4v) is 3.47. The summed E-state index contributed by atoms with van der Waals surface area (Å²) in [5, 5.41) is 8.06. The van der Waals surface area contributed by atoms with Crippen LogP contribution in [0.25, 0.3) is 0 Å². The molecular weight excluding hydrogens is 389 g/mol. The van der Waals surface area contributed by atoms with Crippen molar-refractivity contribution in [3.8, 4) is 11.5 Å². The number of ether oxygens (including phenoxy) is 2. The molecule has 0 aliphatic heterocycles. The molecule has 154 valence electrons. The topological polar surface area (TPSA) is 54.9 Å². The van der Waals surface area contributed by atoms with Crippen LogP contribution in [0.4, 0.5) is 4.39 Å². The van der Waals surface area contributed by atoms with Gasteiger partial charge < -0.3 is 14.8 Å². The predicted molar refractivity (Wildman–Crippen MR) is 117 cm³/mol. The van der Waals surface area contributed by atoms with Gasteiger partial charge in [0.25, 0.3) is 0 Å². The van der Waals surface area contributed by atoms with E-state index in [0.717, 1.165) is 24.0 Å². The third-order valence-corrected chi connectivity index (χ3v) is 5.02. The highest BCUT2D eigenvalue weighted by Gasteiger charge is 2.13. The number of benzene rings is 2. The van der Waals surface area contributed by atoms with Crippen LogP contribution in [-0.4, -0.2) is 24.5 Å². The van der Waals surface area contributed by atoms with Crippen molar-refractivity contribution in [2.75, 3.05) is 7.11 Å². The molecule has 5 nitrogen and oxygen atoms in total. The number of nitrogens with zero attached hydrogens (tertiary/aromatic N) is 1. The molecule has 0 radical (unpaired) electrons. The van der Waals surface area contributed by atoms with Gasteiger partial charge in [-0.25, -0.2) is 4.39 Å². The fourth-order valence-electron chi connectivity index (χ4n) is 3.26. The molecule has 1 saturated carbocycles. The van der Waals surface area contributed by atoms with Gasteiger partial charge >= 0.3 is 0 Å². The summed E-state index contributed by atoms with van der Waals surface area (Å²) in [4.78, 5) is 0. The third kappa shape index (κ3) is 6.71. The first kappa shape index (κ1) is 21.0. The minimum absolute atomic E-state index is 0.267. The summed E-state index contributed by atoms with van der Waals surface area (Å²) in [5.41, 5.74) is 4.60. The van der Waals surface area contributed by atoms with Gasteiger partial charge in [0.05, 0.1) is 13.3 Å². The zero-order valence-corrected chi connectivity index (χ0v) is 17.3. The quantitative estimate of drug-likeness (QED) is 0.395. The molecule has 2 N–H and O–H groups in total. The predicted octanol–water partition coefficient (Wildman–Crippen LogP) is 4.54. The van der Waals surface area contributed by atoms with Gasteiger partial charge in [0.2, 0.25) is 0 Å². The Morgan fingerprint density at radius 1 is 1.14 bits per heavy atom. The molecule has 0 saturated heterocycles. The Kier molecular flexibility index (Phi) is 7.81. The molecule has 0 atom stereocenters. The number of nitrogens with one attached hydrogen (secondary N) is 2. The van der Waals surface area contributed by atoms with Gasteiger partial charge in [0, 0.05) is 6.04 Å². The summed E-state index contributed by atoms with van der Waals surface area (Å²) in [6, 6.07) is 12.2. The second-order valence-corrected chi connectivity index (χ2v) is 7.41. The standard InChI is InChI=1S/C22H26FN3O2S/c1-27-21-13-17(14-24-26-22(29)25-19-5-3-2-4-6-19)9-12-20(21)28-15-16-7-10-18(23)11-8-16/h7-14,19H,2-6,15H2,1H3,(H2,25,26,29)/b24-14+. The smallest absolute Gasteiger partial charge is 0.187 e. The van der Waals surface area contributed by atoms with Gasteiger partial charge in [-0.2, -0.15) is 5.10 Å². The third-order valence-electron chi connectivity index (χ3n) is 4.82. The Labute approximate surface area is 176 Å². The Balaban J connectivity index is 1.52. The van der Waals surface area contributed by atoms with E-state index in [9.17, 15) is 4.39 Å². The number of halogens is 1. The summed E-state index contributed by atoms with van der Waals surface area (Å²) in [5.74, 6) is 0.937. The van der Waals surface area contributed by atoms with Gasteiger partial charge in [-0.1, -0.05) is 31.4 Å². The summed E-state index contributed by atoms with van der Waals surface area (Å²) >= 11 is 5.30. The van der Waals surface area contributed by atoms with Crippen molar-refractivity contribution in [1.29, 1.82) is 0 Å². The van der Waals surface area contributed by atoms with Gasteiger partial charge in [0.15, 0.2) is 16.6 Å². The first-order chi connectivity index (χ1) is 14.1. The second-order valence-electron chi connectivity index (χ2n) is 7.00. The molecule has 1 fully saturated rings. The van der Waals surface area contributed by atoms with Gasteiger partial charge in [0.1, 0.15) is 12.4 Å². The number of methoxy groups -OCH3 is 1. The number of hydrogen-bond acceptors (Lipinski definition) is 4. The highest BCUT2D eigenvalue weighted by molar-refractivity contribution is 7.80. The highest BCUT2D eigenvalue weighted by Crippen LogP contribution is 2.28. The van der Waals surface area contributed by atoms with Crippen LogP contribution in [-0.2, 0) is 6.61 Å². The molecule has 7 heteroatoms. The minimum Gasteiger partial charge on any atom is -0.493 e. The maximum Gasteiger partial charge on any atom is 0.187 e. The summed E-state index contributed by atoms with van der Waals surface area (Å²) < 4.78 is 24.2. The van der Waals surface area contributed by atoms with E-state index < -0.39 is 0 Å². The van der Waals surface area contributed by atoms with Crippen molar-refractivity contribution in [2.24, 2.45) is 5.10 Å². The molecule has 0 heterocycles. The van der Waals surface area contributed by atoms with Crippen molar-refractivity contribution < 1.29 is 13.9 Å². The Morgan fingerprint density at radius 2 is 1.90 bits per heavy atom. The zero-order chi connectivity index (χ0) is 20.5. The first-order valence-electron chi connectivity index (χ1n) is 9.79. The number of hydrogen-bond donors (Lipinski definition) is 2. The van der Waals surface area contributed by atoms with E-state index in [1.54, 1.807) is 25.5 Å². The second kappa shape index (κ2) is 10.8. The van der Waals surface area contributed by atoms with Crippen LogP contribution in [0.2, 0.25) is 0 Å². The zero-order valence-electron chi connectivity index (χ0n) is 16.5. The Morgan fingerprint density at radius 3 is 2.62 bits per heavy atom. The molecule has 0 amide bonds. The highest BCUT2D eigenvalue weighted by atomic mass is 32.1. The number of rotatable bonds is 7. The molecule has 0 spiro atoms. The van der Waals surface area contributed by atoms with E-state index in [1.165, 1.54) is 31.4 Å². The molecule has 1 aliphatic rings. The molecular formula is C22H26FN3O2S. The molecule has 0 aromatic heterocycles. The van der Waals surface area contributed by atoms with Crippen molar-refractivity contribution in [3.63, 3.8) is 0 Å². The largest absolute Gasteiger partial charge is 0.493 e. The van der Waals surface area contributed by atoms with Crippen molar-refractivity contribution >= 4 is 23.5 Å². The lowest BCUT2D eigenvalue weighted by Gasteiger charge is -2.23. The van der Waals surface area contributed by atoms with Crippen molar-refractivity contribution in [2.45, 2.75) is 44.8 Å². The molecule has 2 aromatic rings. The first-order valence-corrected chi connectivity index (χ1v) is 10.2. The van der Waals surface area contributed by atoms with Crippen LogP contribution >= 0.6 is 12.2 Å². The van der Waals surface area contributed by atoms with Gasteiger partial charge in [-0.05, 0) is 66.5 Å². The van der Waals surface area contributed by atoms with Crippen LogP contribution in [0.5, 0.6) is 11.5 Å². The summed E-state index contributed by atoms with van der Waals surface area (Å²) in [6.07, 6.45) is 7.80. The normalized spacial score (nSPS) is 14.6. The van der Waals surface area contributed by atoms with Crippen molar-refractivity contribution in [1.82, 2.24) is 10.7 Å². The monoisotopic (exact) mass is 415 g/mol. The van der Waals surface area contributed by atoms with Gasteiger partial charge in [-0.15, -0.1) is 0 Å². The lowest BCUT2D eigenvalue weighted by atomic mass is 9.96. The lowest BCUT2D eigenvalue weighted by Crippen LogP contribution is -2.40. The van der Waals surface area contributed by atoms with E-state index in [4.69, 9.17) is 21.7 Å². The molecule has 3 rings (SSSR count). The van der Waals surface area contributed by atoms with E-state index in [2.05, 4.69) is 15.8 Å². The van der Waals surface area contributed by atoms with Crippen LogP contribution in [0.1, 0.15) is 43.2 Å². The Hall–Kier alpha value is -2.67. The summed E-state index contributed by atoms with van der Waals surface area (Å²) in [6.45, 7) is 0.326. The number of thiocarbonyl (C=S) groups is 1. The van der Waals surface area contributed by atoms with Crippen LogP contribution in [0.3, 0.4) is 0 Å². The maximum absolute atomic E-state index is 13.0. The summed E-state index contributed by atoms with van der Waals surface area (Å²) in [7, 11) is 1.59. The van der Waals surface area contributed by atoms with E-state index in [-0.39, 0.29) is 5.82 Å². The van der Waals surface area contributed by atoms with E-state index >= 15 is 0 Å². The Bertz CT molecular complexity index is 836. The molecule has 29 heavy (non-hydrogen) atoms. The lowest BCUT2D eigenvalue weighted by molar-refractivity contribution is 0.284. The average molecular weight is 416 g/mol. The van der Waals surface area contributed by atoms with Gasteiger partial charge in [-0.3, -0.25) is 5.43 Å². The minimum atomic E-state index is -0.267. The fraction of sp³-hybridized carbons (Fsp3) is 0.364. The molecule has 2 aromatic carbocycles. The van der Waals surface area contributed by atoms with E-state index in [1.807, 2.05) is 18.2 Å². The van der Waals surface area contributed by atoms with Crippen LogP contribution < -0.4 is 20.2 Å².